The van der Waals surface area contributed by atoms with Crippen molar-refractivity contribution in [1.82, 2.24) is 0 Å². The lowest BCUT2D eigenvalue weighted by molar-refractivity contribution is 1.29. The predicted molar refractivity (Wildman–Crippen MR) is 43.4 cm³/mol. The third-order valence-corrected chi connectivity index (χ3v) is 0.913. The largest absolute Gasteiger partial charge is 0.198 e. The van der Waals surface area contributed by atoms with Crippen molar-refractivity contribution in [2.45, 2.75) is 6.42 Å². The van der Waals surface area contributed by atoms with E-state index in [4.69, 9.17) is 13.1 Å². The van der Waals surface area contributed by atoms with Gasteiger partial charge in [-0.15, -0.1) is 0 Å². The van der Waals surface area contributed by atoms with Crippen molar-refractivity contribution >= 4 is 7.85 Å². The van der Waals surface area contributed by atoms with Crippen LogP contribution in [0.4, 0.5) is 0 Å². The van der Waals surface area contributed by atoms with Crippen LogP contribution in [0.15, 0.2) is 36.4 Å². The summed E-state index contributed by atoms with van der Waals surface area (Å²) in [6.07, 6.45) is 3.47. The van der Waals surface area contributed by atoms with Crippen molar-refractivity contribution < 1.29 is 0 Å². The minimum atomic E-state index is 0.314. The Labute approximate surface area is 62.8 Å². The maximum atomic E-state index is 8.22. The Balaban J connectivity index is 4.02. The van der Waals surface area contributed by atoms with Gasteiger partial charge < -0.3 is 0 Å². The van der Waals surface area contributed by atoms with Gasteiger partial charge >= 0.3 is 0 Å². The van der Waals surface area contributed by atoms with E-state index in [1.807, 2.05) is 6.07 Å². The molecule has 0 atom stereocenters. The number of rotatable bonds is 3. The Hall–Kier alpha value is -1.23. The van der Waals surface area contributed by atoms with Gasteiger partial charge in [-0.25, -0.2) is 0 Å². The summed E-state index contributed by atoms with van der Waals surface area (Å²) < 4.78 is 0. The fourth-order valence-corrected chi connectivity index (χ4v) is 0.447. The van der Waals surface area contributed by atoms with Gasteiger partial charge in [0, 0.05) is 0 Å². The first-order valence-corrected chi connectivity index (χ1v) is 2.85. The second kappa shape index (κ2) is 4.63. The van der Waals surface area contributed by atoms with Crippen LogP contribution in [0.5, 0.6) is 0 Å². The van der Waals surface area contributed by atoms with Gasteiger partial charge in [0.1, 0.15) is 7.85 Å². The van der Waals surface area contributed by atoms with E-state index in [0.717, 1.165) is 0 Å². The zero-order valence-electron chi connectivity index (χ0n) is 5.80. The van der Waals surface area contributed by atoms with E-state index in [-0.39, 0.29) is 0 Å². The Morgan fingerprint density at radius 2 is 2.30 bits per heavy atom. The third-order valence-electron chi connectivity index (χ3n) is 0.913. The molecule has 0 aliphatic carbocycles. The molecular weight excluding hydrogens is 121 g/mol. The molecule has 0 saturated carbocycles. The van der Waals surface area contributed by atoms with Gasteiger partial charge in [-0.1, -0.05) is 30.8 Å². The lowest BCUT2D eigenvalue weighted by atomic mass is 9.93. The van der Waals surface area contributed by atoms with Crippen LogP contribution in [-0.4, -0.2) is 7.85 Å². The van der Waals surface area contributed by atoms with Crippen molar-refractivity contribution in [2.24, 2.45) is 0 Å². The second-order valence-corrected chi connectivity index (χ2v) is 1.84. The highest BCUT2D eigenvalue weighted by Gasteiger charge is 1.86. The highest BCUT2D eigenvalue weighted by molar-refractivity contribution is 6.23. The quantitative estimate of drug-likeness (QED) is 0.420. The van der Waals surface area contributed by atoms with Crippen LogP contribution in [0.2, 0.25) is 0 Å². The SMILES string of the molecule is [B]/C(C=C)=C/C(=C)CC#N. The molecule has 0 fully saturated rings. The smallest absolute Gasteiger partial charge is 0.113 e. The minimum Gasteiger partial charge on any atom is -0.198 e. The summed E-state index contributed by atoms with van der Waals surface area (Å²) in [4.78, 5) is 0. The summed E-state index contributed by atoms with van der Waals surface area (Å²) in [5.41, 5.74) is 1.25. The van der Waals surface area contributed by atoms with Gasteiger partial charge in [0.25, 0.3) is 0 Å². The highest BCUT2D eigenvalue weighted by atomic mass is 14.2. The molecule has 0 amide bonds. The van der Waals surface area contributed by atoms with E-state index in [0.29, 0.717) is 17.5 Å². The van der Waals surface area contributed by atoms with Gasteiger partial charge in [-0.3, -0.25) is 0 Å². The summed E-state index contributed by atoms with van der Waals surface area (Å²) in [7, 11) is 5.38. The molecule has 48 valence electrons. The van der Waals surface area contributed by atoms with Crippen molar-refractivity contribution in [3.63, 3.8) is 0 Å². The summed E-state index contributed by atoms with van der Waals surface area (Å²) in [5, 5.41) is 8.22. The molecule has 0 aromatic carbocycles. The molecule has 0 spiro atoms. The molecule has 0 aromatic heterocycles. The summed E-state index contributed by atoms with van der Waals surface area (Å²) in [5.74, 6) is 0. The van der Waals surface area contributed by atoms with Gasteiger partial charge in [-0.2, -0.15) is 5.26 Å². The van der Waals surface area contributed by atoms with Crippen LogP contribution >= 0.6 is 0 Å². The first-order chi connectivity index (χ1) is 4.70. The minimum absolute atomic E-state index is 0.314. The number of nitrogens with zero attached hydrogens (tertiary/aromatic N) is 1. The first kappa shape index (κ1) is 8.77. The van der Waals surface area contributed by atoms with Crippen molar-refractivity contribution in [2.75, 3.05) is 0 Å². The van der Waals surface area contributed by atoms with Gasteiger partial charge in [0.2, 0.25) is 0 Å². The fraction of sp³-hybridized carbons (Fsp3) is 0.125. The van der Waals surface area contributed by atoms with E-state index in [2.05, 4.69) is 13.2 Å². The Morgan fingerprint density at radius 3 is 2.70 bits per heavy atom. The maximum absolute atomic E-state index is 8.22. The number of allylic oxidation sites excluding steroid dienone is 4. The molecule has 1 nitrogen and oxygen atoms in total. The van der Waals surface area contributed by atoms with Gasteiger partial charge in [0.15, 0.2) is 0 Å². The summed E-state index contributed by atoms with van der Waals surface area (Å²) in [6, 6.07) is 1.96. The third kappa shape index (κ3) is 3.74. The normalized spacial score (nSPS) is 10.1. The number of hydrogen-bond acceptors (Lipinski definition) is 1. The lowest BCUT2D eigenvalue weighted by Crippen LogP contribution is -1.77. The van der Waals surface area contributed by atoms with E-state index in [1.165, 1.54) is 6.08 Å². The summed E-state index contributed by atoms with van der Waals surface area (Å²) >= 11 is 0. The molecule has 0 bridgehead atoms. The monoisotopic (exact) mass is 129 g/mol. The summed E-state index contributed by atoms with van der Waals surface area (Å²) in [6.45, 7) is 7.06. The Kier molecular flexibility index (Phi) is 4.07. The molecule has 0 rings (SSSR count). The van der Waals surface area contributed by atoms with Crippen molar-refractivity contribution in [3.05, 3.63) is 36.4 Å². The molecule has 0 aliphatic rings. The van der Waals surface area contributed by atoms with E-state index in [9.17, 15) is 0 Å². The highest BCUT2D eigenvalue weighted by Crippen LogP contribution is 2.01. The topological polar surface area (TPSA) is 23.8 Å². The molecule has 0 heterocycles. The standard InChI is InChI=1S/C8H8BN/c1-3-8(9)6-7(2)4-5-10/h3,6H,1-2,4H2/b8-6+. The molecule has 10 heavy (non-hydrogen) atoms. The lowest BCUT2D eigenvalue weighted by Gasteiger charge is -1.91. The zero-order valence-corrected chi connectivity index (χ0v) is 5.80. The average molecular weight is 129 g/mol. The predicted octanol–water partition coefficient (Wildman–Crippen LogP) is 1.69. The Bertz CT molecular complexity index is 208. The Morgan fingerprint density at radius 1 is 1.70 bits per heavy atom. The van der Waals surface area contributed by atoms with Crippen LogP contribution in [0, 0.1) is 11.3 Å². The van der Waals surface area contributed by atoms with Crippen LogP contribution in [0.1, 0.15) is 6.42 Å². The van der Waals surface area contributed by atoms with Gasteiger partial charge in [-0.05, 0) is 5.57 Å². The zero-order chi connectivity index (χ0) is 7.98. The maximum Gasteiger partial charge on any atom is 0.113 e. The molecular formula is C8H8BN. The van der Waals surface area contributed by atoms with E-state index < -0.39 is 0 Å². The molecule has 0 N–H and O–H groups in total. The fourth-order valence-electron chi connectivity index (χ4n) is 0.447. The van der Waals surface area contributed by atoms with E-state index in [1.54, 1.807) is 6.08 Å². The van der Waals surface area contributed by atoms with Crippen LogP contribution in [0.25, 0.3) is 0 Å². The molecule has 0 aromatic rings. The van der Waals surface area contributed by atoms with E-state index >= 15 is 0 Å². The first-order valence-electron chi connectivity index (χ1n) is 2.85. The molecule has 2 radical (unpaired) electrons. The van der Waals surface area contributed by atoms with Crippen LogP contribution in [-0.2, 0) is 0 Å². The van der Waals surface area contributed by atoms with Crippen LogP contribution in [0.3, 0.4) is 0 Å². The second-order valence-electron chi connectivity index (χ2n) is 1.84. The molecule has 0 unspecified atom stereocenters. The number of hydrogen-bond donors (Lipinski definition) is 0. The van der Waals surface area contributed by atoms with Crippen molar-refractivity contribution in [1.29, 1.82) is 5.26 Å². The molecule has 0 aliphatic heterocycles. The van der Waals surface area contributed by atoms with Crippen molar-refractivity contribution in [3.8, 4) is 6.07 Å². The van der Waals surface area contributed by atoms with Crippen LogP contribution < -0.4 is 0 Å². The average Bonchev–Trinajstić information content (AvgIpc) is 1.88. The number of nitriles is 1. The molecule has 2 heteroatoms. The van der Waals surface area contributed by atoms with Gasteiger partial charge in [0.05, 0.1) is 12.5 Å². The molecule has 0 saturated heterocycles.